The smallest absolute Gasteiger partial charge is 0.264 e. The number of pyridine rings is 1. The molecule has 0 saturated heterocycles. The number of nitrogens with one attached hydrogen (secondary N) is 1. The number of aromatic nitrogens is 3. The maximum atomic E-state index is 12.6. The molecule has 1 N–H and O–H groups in total. The van der Waals surface area contributed by atoms with Gasteiger partial charge >= 0.3 is 0 Å². The number of aryl methyl sites for hydroxylation is 1. The number of benzene rings is 2. The summed E-state index contributed by atoms with van der Waals surface area (Å²) in [6, 6.07) is 18.3. The Morgan fingerprint density at radius 3 is 2.69 bits per heavy atom. The van der Waals surface area contributed by atoms with Gasteiger partial charge in [-0.25, -0.2) is 0 Å². The van der Waals surface area contributed by atoms with E-state index in [4.69, 9.17) is 9.26 Å². The molecular weight excluding hydrogens is 368 g/mol. The number of para-hydroxylation sites is 1. The molecule has 0 unspecified atom stereocenters. The zero-order chi connectivity index (χ0) is 20.1. The molecule has 2 aromatic carbocycles. The number of rotatable bonds is 6. The Bertz CT molecular complexity index is 1110. The van der Waals surface area contributed by atoms with Crippen LogP contribution in [0.25, 0.3) is 11.4 Å². The van der Waals surface area contributed by atoms with Crippen LogP contribution in [0.5, 0.6) is 5.75 Å². The number of hydrogen-bond acceptors (Lipinski definition) is 6. The molecular formula is C22H18N4O3. The van der Waals surface area contributed by atoms with Gasteiger partial charge in [0.2, 0.25) is 5.82 Å². The highest BCUT2D eigenvalue weighted by Gasteiger charge is 2.14. The van der Waals surface area contributed by atoms with E-state index in [2.05, 4.69) is 20.4 Å². The predicted molar refractivity (Wildman–Crippen MR) is 107 cm³/mol. The topological polar surface area (TPSA) is 90.1 Å². The van der Waals surface area contributed by atoms with E-state index in [9.17, 15) is 4.79 Å². The van der Waals surface area contributed by atoms with Crippen LogP contribution in [0.3, 0.4) is 0 Å². The molecule has 2 heterocycles. The molecule has 0 bridgehead atoms. The van der Waals surface area contributed by atoms with Crippen LogP contribution in [-0.2, 0) is 6.61 Å². The summed E-state index contributed by atoms with van der Waals surface area (Å²) in [5.74, 6) is 0.942. The Labute approximate surface area is 167 Å². The van der Waals surface area contributed by atoms with Gasteiger partial charge in [0.1, 0.15) is 5.75 Å². The van der Waals surface area contributed by atoms with E-state index in [1.54, 1.807) is 48.8 Å². The van der Waals surface area contributed by atoms with E-state index < -0.39 is 0 Å². The van der Waals surface area contributed by atoms with Gasteiger partial charge in [0.05, 0.1) is 17.4 Å². The van der Waals surface area contributed by atoms with Crippen LogP contribution in [0.4, 0.5) is 5.69 Å². The van der Waals surface area contributed by atoms with Gasteiger partial charge in [0.15, 0.2) is 6.61 Å². The first-order valence-electron chi connectivity index (χ1n) is 9.02. The highest BCUT2D eigenvalue weighted by molar-refractivity contribution is 6.06. The average molecular weight is 386 g/mol. The minimum absolute atomic E-state index is 0.0516. The zero-order valence-electron chi connectivity index (χ0n) is 15.7. The van der Waals surface area contributed by atoms with Crippen molar-refractivity contribution in [1.82, 2.24) is 15.1 Å². The number of hydrogen-bond donors (Lipinski definition) is 1. The fourth-order valence-corrected chi connectivity index (χ4v) is 2.69. The summed E-state index contributed by atoms with van der Waals surface area (Å²) >= 11 is 0. The largest absolute Gasteiger partial charge is 0.483 e. The second kappa shape index (κ2) is 8.35. The van der Waals surface area contributed by atoms with Crippen molar-refractivity contribution < 1.29 is 14.1 Å². The second-order valence-corrected chi connectivity index (χ2v) is 6.36. The number of amides is 1. The number of ether oxygens (including phenoxy) is 1. The van der Waals surface area contributed by atoms with Crippen molar-refractivity contribution in [2.75, 3.05) is 5.32 Å². The Morgan fingerprint density at radius 1 is 1.07 bits per heavy atom. The van der Waals surface area contributed by atoms with Gasteiger partial charge in [0.25, 0.3) is 11.8 Å². The SMILES string of the molecule is Cc1ccc(-c2noc(COc3ccccc3C(=O)Nc3cccnc3)n2)cc1. The Hall–Kier alpha value is -4.00. The molecule has 4 rings (SSSR count). The lowest BCUT2D eigenvalue weighted by atomic mass is 10.1. The first-order valence-corrected chi connectivity index (χ1v) is 9.02. The zero-order valence-corrected chi connectivity index (χ0v) is 15.7. The molecule has 0 atom stereocenters. The van der Waals surface area contributed by atoms with E-state index >= 15 is 0 Å². The van der Waals surface area contributed by atoms with Gasteiger partial charge in [-0.3, -0.25) is 9.78 Å². The van der Waals surface area contributed by atoms with Crippen molar-refractivity contribution in [3.63, 3.8) is 0 Å². The normalized spacial score (nSPS) is 10.5. The minimum atomic E-state index is -0.292. The lowest BCUT2D eigenvalue weighted by Crippen LogP contribution is -2.13. The number of carbonyl (C=O) groups excluding carboxylic acids is 1. The molecule has 0 aliphatic heterocycles. The molecule has 29 heavy (non-hydrogen) atoms. The van der Waals surface area contributed by atoms with Crippen molar-refractivity contribution in [3.8, 4) is 17.1 Å². The predicted octanol–water partition coefficient (Wildman–Crippen LogP) is 4.27. The van der Waals surface area contributed by atoms with Crippen molar-refractivity contribution >= 4 is 11.6 Å². The van der Waals surface area contributed by atoms with Gasteiger partial charge < -0.3 is 14.6 Å². The van der Waals surface area contributed by atoms with E-state index in [0.29, 0.717) is 28.7 Å². The van der Waals surface area contributed by atoms with Crippen molar-refractivity contribution in [2.24, 2.45) is 0 Å². The monoisotopic (exact) mass is 386 g/mol. The fraction of sp³-hybridized carbons (Fsp3) is 0.0909. The average Bonchev–Trinajstić information content (AvgIpc) is 3.23. The molecule has 2 aromatic heterocycles. The molecule has 1 amide bonds. The molecule has 4 aromatic rings. The third-order valence-electron chi connectivity index (χ3n) is 4.18. The summed E-state index contributed by atoms with van der Waals surface area (Å²) in [6.45, 7) is 2.07. The van der Waals surface area contributed by atoms with Crippen LogP contribution in [0, 0.1) is 6.92 Å². The lowest BCUT2D eigenvalue weighted by molar-refractivity contribution is 0.102. The van der Waals surface area contributed by atoms with Gasteiger partial charge in [0, 0.05) is 11.8 Å². The molecule has 0 spiro atoms. The molecule has 7 nitrogen and oxygen atoms in total. The minimum Gasteiger partial charge on any atom is -0.483 e. The third-order valence-corrected chi connectivity index (χ3v) is 4.18. The van der Waals surface area contributed by atoms with Crippen molar-refractivity contribution in [1.29, 1.82) is 0 Å². The summed E-state index contributed by atoms with van der Waals surface area (Å²) in [5.41, 5.74) is 3.02. The fourth-order valence-electron chi connectivity index (χ4n) is 2.69. The van der Waals surface area contributed by atoms with Gasteiger partial charge in [-0.1, -0.05) is 47.1 Å². The van der Waals surface area contributed by atoms with Crippen LogP contribution in [0.2, 0.25) is 0 Å². The van der Waals surface area contributed by atoms with E-state index in [1.165, 1.54) is 0 Å². The van der Waals surface area contributed by atoms with E-state index in [-0.39, 0.29) is 12.5 Å². The standard InChI is InChI=1S/C22H18N4O3/c1-15-8-10-16(11-9-15)21-25-20(29-26-21)14-28-19-7-3-2-6-18(19)22(27)24-17-5-4-12-23-13-17/h2-13H,14H2,1H3,(H,24,27). The number of carbonyl (C=O) groups is 1. The third kappa shape index (κ3) is 4.47. The molecule has 0 saturated carbocycles. The lowest BCUT2D eigenvalue weighted by Gasteiger charge is -2.10. The van der Waals surface area contributed by atoms with Crippen LogP contribution < -0.4 is 10.1 Å². The first kappa shape index (κ1) is 18.4. The highest BCUT2D eigenvalue weighted by atomic mass is 16.5. The molecule has 0 aliphatic rings. The maximum Gasteiger partial charge on any atom is 0.264 e. The van der Waals surface area contributed by atoms with Crippen LogP contribution in [0.1, 0.15) is 21.8 Å². The molecule has 0 radical (unpaired) electrons. The van der Waals surface area contributed by atoms with Gasteiger partial charge in [-0.2, -0.15) is 4.98 Å². The summed E-state index contributed by atoms with van der Waals surface area (Å²) in [5, 5.41) is 6.78. The van der Waals surface area contributed by atoms with E-state index in [0.717, 1.165) is 11.1 Å². The van der Waals surface area contributed by atoms with Crippen molar-refractivity contribution in [3.05, 3.63) is 90.1 Å². The van der Waals surface area contributed by atoms with Gasteiger partial charge in [-0.05, 0) is 31.2 Å². The number of nitrogens with zero attached hydrogens (tertiary/aromatic N) is 3. The highest BCUT2D eigenvalue weighted by Crippen LogP contribution is 2.22. The quantitative estimate of drug-likeness (QED) is 0.532. The summed E-state index contributed by atoms with van der Waals surface area (Å²) < 4.78 is 11.0. The second-order valence-electron chi connectivity index (χ2n) is 6.36. The van der Waals surface area contributed by atoms with Crippen LogP contribution >= 0.6 is 0 Å². The molecule has 144 valence electrons. The summed E-state index contributed by atoms with van der Waals surface area (Å²) in [6.07, 6.45) is 3.22. The summed E-state index contributed by atoms with van der Waals surface area (Å²) in [7, 11) is 0. The molecule has 7 heteroatoms. The van der Waals surface area contributed by atoms with Crippen molar-refractivity contribution in [2.45, 2.75) is 13.5 Å². The van der Waals surface area contributed by atoms with Crippen LogP contribution in [-0.4, -0.2) is 21.0 Å². The summed E-state index contributed by atoms with van der Waals surface area (Å²) in [4.78, 5) is 20.9. The number of anilines is 1. The van der Waals surface area contributed by atoms with Gasteiger partial charge in [-0.15, -0.1) is 0 Å². The Kier molecular flexibility index (Phi) is 5.29. The van der Waals surface area contributed by atoms with E-state index in [1.807, 2.05) is 31.2 Å². The maximum absolute atomic E-state index is 12.6. The van der Waals surface area contributed by atoms with Crippen LogP contribution in [0.15, 0.2) is 77.6 Å². The first-order chi connectivity index (χ1) is 14.2. The Morgan fingerprint density at radius 2 is 1.90 bits per heavy atom. The molecule has 0 aliphatic carbocycles. The Balaban J connectivity index is 1.45. The molecule has 0 fully saturated rings.